The first-order valence-electron chi connectivity index (χ1n) is 14.9. The molecule has 250 valence electrons. The van der Waals surface area contributed by atoms with Gasteiger partial charge in [0, 0.05) is 16.9 Å². The van der Waals surface area contributed by atoms with E-state index < -0.39 is 23.9 Å². The second-order valence-corrected chi connectivity index (χ2v) is 10.7. The number of hydrogen-bond acceptors (Lipinski definition) is 8. The Balaban J connectivity index is 1.39. The summed E-state index contributed by atoms with van der Waals surface area (Å²) in [6.07, 6.45) is -0.0678. The number of rotatable bonds is 13. The Morgan fingerprint density at radius 3 is 2.04 bits per heavy atom. The molecule has 48 heavy (non-hydrogen) atoms. The summed E-state index contributed by atoms with van der Waals surface area (Å²) in [5.41, 5.74) is 4.20. The first kappa shape index (κ1) is 34.8. The molecule has 0 bridgehead atoms. The quantitative estimate of drug-likeness (QED) is 0.130. The molecule has 0 aromatic heterocycles. The molecule has 0 spiro atoms. The molecule has 4 aromatic rings. The summed E-state index contributed by atoms with van der Waals surface area (Å²) in [4.78, 5) is 50.8. The molecule has 0 saturated carbocycles. The van der Waals surface area contributed by atoms with Crippen molar-refractivity contribution in [3.05, 3.63) is 107 Å². The van der Waals surface area contributed by atoms with E-state index in [0.29, 0.717) is 51.0 Å². The fourth-order valence-electron chi connectivity index (χ4n) is 4.85. The Kier molecular flexibility index (Phi) is 12.0. The molecule has 12 heteroatoms. The van der Waals surface area contributed by atoms with Crippen LogP contribution in [0.15, 0.2) is 84.9 Å². The van der Waals surface area contributed by atoms with Crippen molar-refractivity contribution in [2.45, 2.75) is 25.8 Å². The minimum atomic E-state index is -0.707. The molecule has 0 saturated heterocycles. The van der Waals surface area contributed by atoms with E-state index in [1.54, 1.807) is 60.7 Å². The van der Waals surface area contributed by atoms with Gasteiger partial charge in [-0.2, -0.15) is 0 Å². The number of carbonyl (C=O) groups is 4. The highest BCUT2D eigenvalue weighted by Crippen LogP contribution is 2.29. The van der Waals surface area contributed by atoms with Crippen LogP contribution in [0, 0.1) is 6.92 Å². The zero-order valence-electron chi connectivity index (χ0n) is 27.3. The van der Waals surface area contributed by atoms with Gasteiger partial charge >= 0.3 is 12.0 Å². The van der Waals surface area contributed by atoms with Crippen LogP contribution in [0.5, 0.6) is 17.2 Å². The van der Waals surface area contributed by atoms with E-state index >= 15 is 0 Å². The van der Waals surface area contributed by atoms with Crippen LogP contribution in [0.3, 0.4) is 0 Å². The largest absolute Gasteiger partial charge is 0.495 e. The molecule has 0 fully saturated rings. The number of esters is 1. The smallest absolute Gasteiger partial charge is 0.323 e. The number of nitrogens with one attached hydrogen (secondary N) is 4. The third-order valence-corrected chi connectivity index (χ3v) is 7.42. The van der Waals surface area contributed by atoms with Crippen molar-refractivity contribution in [3.63, 3.8) is 0 Å². The Hall–Kier alpha value is -6.04. The van der Waals surface area contributed by atoms with Gasteiger partial charge in [-0.1, -0.05) is 36.4 Å². The van der Waals surface area contributed by atoms with Crippen LogP contribution in [0.1, 0.15) is 39.5 Å². The molecule has 0 aliphatic carbocycles. The Bertz CT molecular complexity index is 1770. The molecule has 1 unspecified atom stereocenters. The summed E-state index contributed by atoms with van der Waals surface area (Å²) in [6, 6.07) is 22.9. The molecule has 4 N–H and O–H groups in total. The molecule has 0 radical (unpaired) electrons. The number of methoxy groups -OCH3 is 4. The molecule has 0 aliphatic heterocycles. The lowest BCUT2D eigenvalue weighted by molar-refractivity contribution is -0.141. The Morgan fingerprint density at radius 1 is 0.688 bits per heavy atom. The normalized spacial score (nSPS) is 11.0. The molecule has 4 aromatic carbocycles. The number of aryl methyl sites for hydroxylation is 1. The SMILES string of the molecule is COC(=O)CC(NC(=O)c1ccc(OC)c(OC)c1)c1ccc(NC(=O)Cc2ccc(NC(=O)Nc3ccccc3C)c(OC)c2)cc1. The lowest BCUT2D eigenvalue weighted by Gasteiger charge is -2.19. The van der Waals surface area contributed by atoms with Gasteiger partial charge in [-0.25, -0.2) is 4.79 Å². The van der Waals surface area contributed by atoms with Crippen molar-refractivity contribution in [2.24, 2.45) is 0 Å². The number of benzene rings is 4. The summed E-state index contributed by atoms with van der Waals surface area (Å²) in [5.74, 6) is 0.0538. The van der Waals surface area contributed by atoms with Crippen LogP contribution >= 0.6 is 0 Å². The van der Waals surface area contributed by atoms with Crippen molar-refractivity contribution in [3.8, 4) is 17.2 Å². The predicted octanol–water partition coefficient (Wildman–Crippen LogP) is 5.88. The van der Waals surface area contributed by atoms with Gasteiger partial charge in [-0.05, 0) is 72.1 Å². The summed E-state index contributed by atoms with van der Waals surface area (Å²) in [5, 5.41) is 11.3. The van der Waals surface area contributed by atoms with Gasteiger partial charge < -0.3 is 40.2 Å². The monoisotopic (exact) mass is 654 g/mol. The lowest BCUT2D eigenvalue weighted by atomic mass is 10.0. The fraction of sp³-hybridized carbons (Fsp3) is 0.222. The molecule has 1 atom stereocenters. The number of hydrogen-bond donors (Lipinski definition) is 4. The number of urea groups is 1. The van der Waals surface area contributed by atoms with Gasteiger partial charge in [-0.15, -0.1) is 0 Å². The second kappa shape index (κ2) is 16.5. The zero-order valence-corrected chi connectivity index (χ0v) is 27.3. The first-order valence-corrected chi connectivity index (χ1v) is 14.9. The van der Waals surface area contributed by atoms with E-state index in [1.807, 2.05) is 31.2 Å². The van der Waals surface area contributed by atoms with Gasteiger partial charge in [0.1, 0.15) is 5.75 Å². The van der Waals surface area contributed by atoms with Crippen LogP contribution in [0.4, 0.5) is 21.9 Å². The lowest BCUT2D eigenvalue weighted by Crippen LogP contribution is -2.30. The number of ether oxygens (including phenoxy) is 4. The average molecular weight is 655 g/mol. The molecule has 4 amide bonds. The number of amides is 4. The van der Waals surface area contributed by atoms with E-state index in [0.717, 1.165) is 5.56 Å². The molecule has 0 heterocycles. The van der Waals surface area contributed by atoms with Crippen molar-refractivity contribution >= 4 is 40.9 Å². The molecule has 0 aliphatic rings. The maximum Gasteiger partial charge on any atom is 0.323 e. The fourth-order valence-corrected chi connectivity index (χ4v) is 4.85. The highest BCUT2D eigenvalue weighted by atomic mass is 16.5. The average Bonchev–Trinajstić information content (AvgIpc) is 3.09. The molecule has 4 rings (SSSR count). The zero-order chi connectivity index (χ0) is 34.6. The highest BCUT2D eigenvalue weighted by molar-refractivity contribution is 6.01. The van der Waals surface area contributed by atoms with Gasteiger partial charge in [-0.3, -0.25) is 14.4 Å². The number of carbonyl (C=O) groups excluding carboxylic acids is 4. The van der Waals surface area contributed by atoms with E-state index in [4.69, 9.17) is 18.9 Å². The highest BCUT2D eigenvalue weighted by Gasteiger charge is 2.21. The van der Waals surface area contributed by atoms with Crippen molar-refractivity contribution in [2.75, 3.05) is 44.4 Å². The second-order valence-electron chi connectivity index (χ2n) is 10.7. The van der Waals surface area contributed by atoms with Gasteiger partial charge in [0.25, 0.3) is 5.91 Å². The maximum atomic E-state index is 13.1. The van der Waals surface area contributed by atoms with Gasteiger partial charge in [0.2, 0.25) is 5.91 Å². The van der Waals surface area contributed by atoms with Crippen molar-refractivity contribution < 1.29 is 38.1 Å². The third-order valence-electron chi connectivity index (χ3n) is 7.42. The minimum Gasteiger partial charge on any atom is -0.495 e. The van der Waals surface area contributed by atoms with Crippen LogP contribution in [-0.4, -0.2) is 52.3 Å². The van der Waals surface area contributed by atoms with E-state index in [1.165, 1.54) is 28.4 Å². The predicted molar refractivity (Wildman–Crippen MR) is 182 cm³/mol. The Morgan fingerprint density at radius 2 is 1.38 bits per heavy atom. The van der Waals surface area contributed by atoms with Crippen LogP contribution in [0.2, 0.25) is 0 Å². The van der Waals surface area contributed by atoms with Crippen molar-refractivity contribution in [1.82, 2.24) is 5.32 Å². The van der Waals surface area contributed by atoms with Crippen LogP contribution in [-0.2, 0) is 20.7 Å². The van der Waals surface area contributed by atoms with E-state index in [2.05, 4.69) is 21.3 Å². The Labute approximate surface area is 278 Å². The van der Waals surface area contributed by atoms with Crippen molar-refractivity contribution in [1.29, 1.82) is 0 Å². The summed E-state index contributed by atoms with van der Waals surface area (Å²) in [7, 11) is 5.73. The topological polar surface area (TPSA) is 153 Å². The first-order chi connectivity index (χ1) is 23.1. The number of para-hydroxylation sites is 1. The third kappa shape index (κ3) is 9.25. The summed E-state index contributed by atoms with van der Waals surface area (Å²) < 4.78 is 20.8. The molecular formula is C36H38N4O8. The van der Waals surface area contributed by atoms with Crippen LogP contribution < -0.4 is 35.5 Å². The standard InChI is InChI=1S/C36H38N4O8/c1-22-8-6-7-9-27(22)39-36(44)40-28-16-10-23(18-31(28)46-3)19-33(41)37-26-14-11-24(12-15-26)29(21-34(42)48-5)38-35(43)25-13-17-30(45-2)32(20-25)47-4/h6-18,20,29H,19,21H2,1-5H3,(H,37,41)(H,38,43)(H2,39,40,44). The van der Waals surface area contributed by atoms with Crippen LogP contribution in [0.25, 0.3) is 0 Å². The summed E-state index contributed by atoms with van der Waals surface area (Å²) in [6.45, 7) is 1.90. The number of anilines is 3. The molecule has 12 nitrogen and oxygen atoms in total. The minimum absolute atomic E-state index is 0.0418. The van der Waals surface area contributed by atoms with E-state index in [-0.39, 0.29) is 18.7 Å². The molecular weight excluding hydrogens is 616 g/mol. The van der Waals surface area contributed by atoms with Gasteiger partial charge in [0.15, 0.2) is 11.5 Å². The maximum absolute atomic E-state index is 13.1. The summed E-state index contributed by atoms with van der Waals surface area (Å²) >= 11 is 0. The van der Waals surface area contributed by atoms with Gasteiger partial charge in [0.05, 0.1) is 53.0 Å². The van der Waals surface area contributed by atoms with E-state index in [9.17, 15) is 19.2 Å².